The van der Waals surface area contributed by atoms with Crippen LogP contribution in [0.1, 0.15) is 63.1 Å². The molecule has 65 heavy (non-hydrogen) atoms. The molecule has 2 unspecified atom stereocenters. The summed E-state index contributed by atoms with van der Waals surface area (Å²) in [6, 6.07) is 36.4. The van der Waals surface area contributed by atoms with E-state index >= 15 is 0 Å². The summed E-state index contributed by atoms with van der Waals surface area (Å²) in [6.45, 7) is 8.13. The lowest BCUT2D eigenvalue weighted by Gasteiger charge is -2.37. The Morgan fingerprint density at radius 2 is 1.45 bits per heavy atom. The third-order valence-corrected chi connectivity index (χ3v) is 14.2. The summed E-state index contributed by atoms with van der Waals surface area (Å²) < 4.78 is 58.2. The molecule has 4 aromatic carbocycles. The number of nitrogens with zero attached hydrogens (tertiary/aromatic N) is 2. The van der Waals surface area contributed by atoms with E-state index in [9.17, 15) is 19.3 Å². The maximum Gasteiger partial charge on any atom is 0.405 e. The van der Waals surface area contributed by atoms with Gasteiger partial charge in [-0.1, -0.05) is 96.7 Å². The second-order valence-electron chi connectivity index (χ2n) is 17.1. The fourth-order valence-electron chi connectivity index (χ4n) is 8.09. The number of anilines is 1. The Balaban J connectivity index is 1.17. The van der Waals surface area contributed by atoms with E-state index in [-0.39, 0.29) is 43.1 Å². The summed E-state index contributed by atoms with van der Waals surface area (Å²) in [6.07, 6.45) is -1.11. The van der Waals surface area contributed by atoms with Crippen LogP contribution in [0, 0.1) is 5.41 Å². The summed E-state index contributed by atoms with van der Waals surface area (Å²) in [5, 5.41) is 16.0. The molecule has 2 saturated heterocycles. The number of aromatic nitrogens is 2. The van der Waals surface area contributed by atoms with E-state index in [1.165, 1.54) is 4.57 Å². The highest BCUT2D eigenvalue weighted by atomic mass is 32.2. The highest BCUT2D eigenvalue weighted by molar-refractivity contribution is 8.13. The van der Waals surface area contributed by atoms with Gasteiger partial charge in [0.05, 0.1) is 39.5 Å². The van der Waals surface area contributed by atoms with Gasteiger partial charge in [-0.25, -0.2) is 14.4 Å². The van der Waals surface area contributed by atoms with Crippen LogP contribution in [0.25, 0.3) is 0 Å². The van der Waals surface area contributed by atoms with Crippen molar-refractivity contribution < 1.29 is 47.2 Å². The molecule has 0 radical (unpaired) electrons. The molecule has 1 aromatic heterocycles. The minimum absolute atomic E-state index is 0.0944. The first-order valence-electron chi connectivity index (χ1n) is 21.3. The van der Waals surface area contributed by atoms with Gasteiger partial charge < -0.3 is 34.1 Å². The fourth-order valence-corrected chi connectivity index (χ4v) is 10.3. The van der Waals surface area contributed by atoms with Crippen LogP contribution in [0.3, 0.4) is 0 Å². The predicted octanol–water partition coefficient (Wildman–Crippen LogP) is 7.68. The van der Waals surface area contributed by atoms with E-state index in [4.69, 9.17) is 32.7 Å². The number of nitrogens with one attached hydrogen (secondary N) is 2. The minimum Gasteiger partial charge on any atom is -0.497 e. The minimum atomic E-state index is -4.05. The van der Waals surface area contributed by atoms with E-state index < -0.39 is 54.2 Å². The van der Waals surface area contributed by atoms with Crippen molar-refractivity contribution in [2.45, 2.75) is 76.5 Å². The molecule has 5 atom stereocenters. The highest BCUT2D eigenvalue weighted by Crippen LogP contribution is 2.53. The largest absolute Gasteiger partial charge is 0.497 e. The van der Waals surface area contributed by atoms with Crippen LogP contribution in [-0.4, -0.2) is 83.2 Å². The van der Waals surface area contributed by atoms with Gasteiger partial charge in [0.1, 0.15) is 40.7 Å². The highest BCUT2D eigenvalue weighted by Gasteiger charge is 2.64. The van der Waals surface area contributed by atoms with E-state index in [1.54, 1.807) is 61.1 Å². The number of hydrogen-bond donors (Lipinski definition) is 3. The third-order valence-electron chi connectivity index (χ3n) is 11.5. The quantitative estimate of drug-likeness (QED) is 0.0393. The second kappa shape index (κ2) is 19.9. The Morgan fingerprint density at radius 1 is 0.862 bits per heavy atom. The van der Waals surface area contributed by atoms with Crippen molar-refractivity contribution in [3.63, 3.8) is 0 Å². The van der Waals surface area contributed by atoms with E-state index in [0.717, 1.165) is 34.0 Å². The van der Waals surface area contributed by atoms with E-state index in [2.05, 4.69) is 15.4 Å². The lowest BCUT2D eigenvalue weighted by atomic mass is 9.77. The van der Waals surface area contributed by atoms with Crippen molar-refractivity contribution in [1.29, 1.82) is 0 Å². The van der Waals surface area contributed by atoms with Crippen LogP contribution in [0.5, 0.6) is 11.5 Å². The van der Waals surface area contributed by atoms with Gasteiger partial charge in [-0.2, -0.15) is 4.98 Å². The second-order valence-corrected chi connectivity index (χ2v) is 20.0. The average molecular weight is 929 g/mol. The first-order chi connectivity index (χ1) is 31.0. The lowest BCUT2D eigenvalue weighted by Crippen LogP contribution is -2.45. The SMILES string of the molecule is COc1ccc(C(Nc2ccn([C@@H]3O[C@H](COP(=O)(NCc4ccccc4)OCCSC(=O)C(C)(C)CO)[C@@H]4OC(C)(C)OC43C)c(=O)n2)(c2ccccc2)c2ccc(OC)cc2)cc1. The molecule has 0 spiro atoms. The molecule has 17 heteroatoms. The molecule has 15 nitrogen and oxygen atoms in total. The normalized spacial score (nSPS) is 21.3. The number of fused-ring (bicyclic) bond motifs is 1. The predicted molar refractivity (Wildman–Crippen MR) is 248 cm³/mol. The summed E-state index contributed by atoms with van der Waals surface area (Å²) >= 11 is 0.979. The zero-order valence-electron chi connectivity index (χ0n) is 37.6. The average Bonchev–Trinajstić information content (AvgIpc) is 3.72. The van der Waals surface area contributed by atoms with Crippen LogP contribution < -0.4 is 25.6 Å². The van der Waals surface area contributed by atoms with E-state index in [0.29, 0.717) is 11.5 Å². The fraction of sp³-hybridized carbons (Fsp3) is 0.396. The van der Waals surface area contributed by atoms with Crippen LogP contribution in [-0.2, 0) is 44.7 Å². The molecule has 2 fully saturated rings. The van der Waals surface area contributed by atoms with Crippen LogP contribution >= 0.6 is 19.5 Å². The summed E-state index contributed by atoms with van der Waals surface area (Å²) in [5.41, 5.74) is -0.403. The van der Waals surface area contributed by atoms with Gasteiger partial charge >= 0.3 is 13.4 Å². The molecule has 0 amide bonds. The molecule has 346 valence electrons. The van der Waals surface area contributed by atoms with Crippen LogP contribution in [0.2, 0.25) is 0 Å². The van der Waals surface area contributed by atoms with Crippen molar-refractivity contribution in [1.82, 2.24) is 14.6 Å². The number of aliphatic hydroxyl groups is 1. The van der Waals surface area contributed by atoms with Crippen LogP contribution in [0.15, 0.2) is 126 Å². The maximum absolute atomic E-state index is 14.4. The molecule has 2 aliphatic rings. The Bertz CT molecular complexity index is 2450. The molecule has 2 aliphatic heterocycles. The Hall–Kier alpha value is -4.87. The van der Waals surface area contributed by atoms with Gasteiger partial charge in [-0.15, -0.1) is 0 Å². The zero-order chi connectivity index (χ0) is 46.5. The van der Waals surface area contributed by atoms with Crippen molar-refractivity contribution in [2.75, 3.05) is 45.1 Å². The monoisotopic (exact) mass is 928 g/mol. The van der Waals surface area contributed by atoms with Gasteiger partial charge in [0.25, 0.3) is 0 Å². The molecule has 3 heterocycles. The molecule has 0 saturated carbocycles. The van der Waals surface area contributed by atoms with Gasteiger partial charge in [0, 0.05) is 18.5 Å². The molecule has 0 aliphatic carbocycles. The number of rotatable bonds is 20. The van der Waals surface area contributed by atoms with E-state index in [1.807, 2.05) is 109 Å². The smallest absolute Gasteiger partial charge is 0.405 e. The number of carbonyl (C=O) groups is 1. The molecule has 5 aromatic rings. The van der Waals surface area contributed by atoms with Gasteiger partial charge in [-0.3, -0.25) is 18.4 Å². The lowest BCUT2D eigenvalue weighted by molar-refractivity contribution is -0.217. The molecule has 0 bridgehead atoms. The Labute approximate surface area is 383 Å². The Morgan fingerprint density at radius 3 is 2.02 bits per heavy atom. The number of aliphatic hydroxyl groups excluding tert-OH is 1. The molecular weight excluding hydrogens is 872 g/mol. The van der Waals surface area contributed by atoms with Gasteiger partial charge in [0.15, 0.2) is 17.1 Å². The molecule has 3 N–H and O–H groups in total. The van der Waals surface area contributed by atoms with Gasteiger partial charge in [0.2, 0.25) is 0 Å². The summed E-state index contributed by atoms with van der Waals surface area (Å²) in [5.74, 6) is 0.744. The Kier molecular flexibility index (Phi) is 14.7. The number of thioether (sulfide) groups is 1. The number of methoxy groups -OCH3 is 2. The number of carbonyl (C=O) groups excluding carboxylic acids is 1. The number of hydrogen-bond acceptors (Lipinski definition) is 14. The first kappa shape index (κ1) is 48.1. The summed E-state index contributed by atoms with van der Waals surface area (Å²) in [4.78, 5) is 31.6. The van der Waals surface area contributed by atoms with Crippen molar-refractivity contribution in [3.05, 3.63) is 154 Å². The first-order valence-corrected chi connectivity index (χ1v) is 23.8. The maximum atomic E-state index is 14.4. The standard InChI is InChI=1S/C48H57N4O11PS/c1-45(2,32-53)43(54)65-29-28-59-64(56,49-30-33-14-10-8-11-15-33)60-31-39-41-47(5,63-46(3,4)62-41)42(61-39)52-27-26-40(50-44(52)55)51-48(34-16-12-9-13-17-34,35-18-22-37(57-6)23-19-35)36-20-24-38(58-7)25-21-36/h8-27,39,41-42,53H,28-32H2,1-7H3,(H,49,56)(H,50,51,55)/t39-,41+,42-,47?,64?/m1/s1. The van der Waals surface area contributed by atoms with Crippen molar-refractivity contribution in [2.24, 2.45) is 5.41 Å². The van der Waals surface area contributed by atoms with Crippen molar-refractivity contribution in [3.8, 4) is 11.5 Å². The molecular formula is C48H57N4O11PS. The summed E-state index contributed by atoms with van der Waals surface area (Å²) in [7, 11) is -0.825. The zero-order valence-corrected chi connectivity index (χ0v) is 39.3. The van der Waals surface area contributed by atoms with Crippen molar-refractivity contribution >= 4 is 30.4 Å². The molecule has 7 rings (SSSR count). The number of ether oxygens (including phenoxy) is 5. The number of benzene rings is 4. The van der Waals surface area contributed by atoms with Gasteiger partial charge in [-0.05, 0) is 87.2 Å². The third kappa shape index (κ3) is 10.6. The van der Waals surface area contributed by atoms with Crippen LogP contribution in [0.4, 0.5) is 5.82 Å². The topological polar surface area (TPSA) is 178 Å².